The number of nitro groups is 1. The minimum atomic E-state index is -0.543. The topological polar surface area (TPSA) is 93.5 Å². The summed E-state index contributed by atoms with van der Waals surface area (Å²) in [6.45, 7) is 0. The Morgan fingerprint density at radius 1 is 1.23 bits per heavy atom. The van der Waals surface area contributed by atoms with E-state index in [0.717, 1.165) is 0 Å². The third-order valence-electron chi connectivity index (χ3n) is 2.73. The molecule has 0 radical (unpaired) electrons. The largest absolute Gasteiger partial charge is 0.494 e. The molecule has 0 spiro atoms. The maximum absolute atomic E-state index is 11.9. The first-order valence-corrected chi connectivity index (χ1v) is 6.53. The van der Waals surface area contributed by atoms with Gasteiger partial charge in [-0.15, -0.1) is 0 Å². The van der Waals surface area contributed by atoms with Gasteiger partial charge in [-0.25, -0.2) is 4.79 Å². The zero-order valence-electron chi connectivity index (χ0n) is 11.5. The van der Waals surface area contributed by atoms with Crippen LogP contribution in [0.4, 0.5) is 21.9 Å². The van der Waals surface area contributed by atoms with Crippen molar-refractivity contribution in [2.24, 2.45) is 0 Å². The number of carbonyl (C=O) groups excluding carboxylic acids is 1. The van der Waals surface area contributed by atoms with Crippen molar-refractivity contribution in [2.75, 3.05) is 17.7 Å². The fourth-order valence-corrected chi connectivity index (χ4v) is 1.94. The molecule has 0 atom stereocenters. The molecule has 0 saturated heterocycles. The zero-order valence-corrected chi connectivity index (χ0v) is 12.3. The normalized spacial score (nSPS) is 9.91. The first-order valence-electron chi connectivity index (χ1n) is 6.15. The Labute approximate surface area is 131 Å². The zero-order chi connectivity index (χ0) is 16.1. The van der Waals surface area contributed by atoms with Gasteiger partial charge in [0.15, 0.2) is 0 Å². The SMILES string of the molecule is COc1cc([N+](=O)[O-])ccc1NC(=O)Nc1cccc(Cl)c1. The molecule has 0 saturated carbocycles. The number of methoxy groups -OCH3 is 1. The highest BCUT2D eigenvalue weighted by atomic mass is 35.5. The molecule has 0 aromatic heterocycles. The van der Waals surface area contributed by atoms with Crippen molar-refractivity contribution < 1.29 is 14.5 Å². The molecule has 7 nitrogen and oxygen atoms in total. The number of nitro benzene ring substituents is 1. The lowest BCUT2D eigenvalue weighted by molar-refractivity contribution is -0.384. The molecule has 2 amide bonds. The number of urea groups is 1. The number of carbonyl (C=O) groups is 1. The molecule has 0 aliphatic carbocycles. The van der Waals surface area contributed by atoms with E-state index in [1.807, 2.05) is 0 Å². The number of anilines is 2. The lowest BCUT2D eigenvalue weighted by Gasteiger charge is -2.11. The Bertz CT molecular complexity index is 721. The van der Waals surface area contributed by atoms with Gasteiger partial charge in [0.2, 0.25) is 0 Å². The molecule has 2 aromatic carbocycles. The maximum Gasteiger partial charge on any atom is 0.323 e. The highest BCUT2D eigenvalue weighted by molar-refractivity contribution is 6.30. The van der Waals surface area contributed by atoms with Crippen LogP contribution in [0.3, 0.4) is 0 Å². The molecule has 2 aromatic rings. The summed E-state index contributed by atoms with van der Waals surface area (Å²) >= 11 is 5.83. The molecule has 0 fully saturated rings. The van der Waals surface area contributed by atoms with E-state index in [1.165, 1.54) is 25.3 Å². The first kappa shape index (κ1) is 15.6. The number of benzene rings is 2. The second-order valence-corrected chi connectivity index (χ2v) is 4.67. The third-order valence-corrected chi connectivity index (χ3v) is 2.96. The fourth-order valence-electron chi connectivity index (χ4n) is 1.75. The fraction of sp³-hybridized carbons (Fsp3) is 0.0714. The minimum Gasteiger partial charge on any atom is -0.494 e. The van der Waals surface area contributed by atoms with E-state index in [4.69, 9.17) is 16.3 Å². The molecule has 0 aliphatic rings. The number of ether oxygens (including phenoxy) is 1. The second kappa shape index (κ2) is 6.77. The van der Waals surface area contributed by atoms with Crippen LogP contribution in [0.25, 0.3) is 0 Å². The van der Waals surface area contributed by atoms with Crippen molar-refractivity contribution in [3.63, 3.8) is 0 Å². The van der Waals surface area contributed by atoms with Crippen molar-refractivity contribution in [2.45, 2.75) is 0 Å². The van der Waals surface area contributed by atoms with Crippen molar-refractivity contribution in [3.8, 4) is 5.75 Å². The molecular weight excluding hydrogens is 310 g/mol. The van der Waals surface area contributed by atoms with Gasteiger partial charge in [0.05, 0.1) is 23.8 Å². The summed E-state index contributed by atoms with van der Waals surface area (Å²) in [6, 6.07) is 10.0. The average Bonchev–Trinajstić information content (AvgIpc) is 2.47. The Morgan fingerprint density at radius 3 is 2.64 bits per heavy atom. The Morgan fingerprint density at radius 2 is 2.00 bits per heavy atom. The summed E-state index contributed by atoms with van der Waals surface area (Å²) in [5.74, 6) is 0.190. The van der Waals surface area contributed by atoms with Gasteiger partial charge in [0.25, 0.3) is 5.69 Å². The lowest BCUT2D eigenvalue weighted by Crippen LogP contribution is -2.19. The highest BCUT2D eigenvalue weighted by Gasteiger charge is 2.13. The number of rotatable bonds is 4. The Hall–Kier alpha value is -2.80. The molecule has 0 bridgehead atoms. The third kappa shape index (κ3) is 3.86. The number of nitrogens with zero attached hydrogens (tertiary/aromatic N) is 1. The number of amides is 2. The Balaban J connectivity index is 2.12. The van der Waals surface area contributed by atoms with Crippen LogP contribution in [-0.4, -0.2) is 18.1 Å². The maximum atomic E-state index is 11.9. The van der Waals surface area contributed by atoms with E-state index in [2.05, 4.69) is 10.6 Å². The van der Waals surface area contributed by atoms with Crippen LogP contribution in [-0.2, 0) is 0 Å². The summed E-state index contributed by atoms with van der Waals surface area (Å²) < 4.78 is 5.04. The highest BCUT2D eigenvalue weighted by Crippen LogP contribution is 2.29. The summed E-state index contributed by atoms with van der Waals surface area (Å²) in [5.41, 5.74) is 0.705. The molecule has 0 heterocycles. The van der Waals surface area contributed by atoms with Crippen molar-refractivity contribution in [3.05, 3.63) is 57.6 Å². The van der Waals surface area contributed by atoms with Crippen LogP contribution < -0.4 is 15.4 Å². The van der Waals surface area contributed by atoms with Crippen molar-refractivity contribution in [1.29, 1.82) is 0 Å². The van der Waals surface area contributed by atoms with E-state index >= 15 is 0 Å². The van der Waals surface area contributed by atoms with Crippen molar-refractivity contribution >= 4 is 34.7 Å². The minimum absolute atomic E-state index is 0.127. The molecule has 8 heteroatoms. The van der Waals surface area contributed by atoms with E-state index in [0.29, 0.717) is 16.4 Å². The van der Waals surface area contributed by atoms with Gasteiger partial charge >= 0.3 is 6.03 Å². The molecular formula is C14H12ClN3O4. The summed E-state index contributed by atoms with van der Waals surface area (Å²) in [4.78, 5) is 22.1. The van der Waals surface area contributed by atoms with Crippen LogP contribution in [0.1, 0.15) is 0 Å². The van der Waals surface area contributed by atoms with E-state index in [1.54, 1.807) is 24.3 Å². The van der Waals surface area contributed by atoms with Gasteiger partial charge < -0.3 is 15.4 Å². The lowest BCUT2D eigenvalue weighted by atomic mass is 10.2. The van der Waals surface area contributed by atoms with Crippen LogP contribution >= 0.6 is 11.6 Å². The van der Waals surface area contributed by atoms with Crippen LogP contribution in [0, 0.1) is 10.1 Å². The molecule has 2 N–H and O–H groups in total. The predicted molar refractivity (Wildman–Crippen MR) is 83.7 cm³/mol. The molecule has 114 valence electrons. The molecule has 0 aliphatic heterocycles. The summed E-state index contributed by atoms with van der Waals surface area (Å²) in [7, 11) is 1.36. The van der Waals surface area contributed by atoms with Crippen LogP contribution in [0.15, 0.2) is 42.5 Å². The number of nitrogens with one attached hydrogen (secondary N) is 2. The summed E-state index contributed by atoms with van der Waals surface area (Å²) in [5, 5.41) is 16.4. The van der Waals surface area contributed by atoms with Crippen LogP contribution in [0.2, 0.25) is 5.02 Å². The molecule has 2 rings (SSSR count). The van der Waals surface area contributed by atoms with Gasteiger partial charge in [0, 0.05) is 16.8 Å². The van der Waals surface area contributed by atoms with Crippen molar-refractivity contribution in [1.82, 2.24) is 0 Å². The standard InChI is InChI=1S/C14H12ClN3O4/c1-22-13-8-11(18(20)21)5-6-12(13)17-14(19)16-10-4-2-3-9(15)7-10/h2-8H,1H3,(H2,16,17,19). The van der Waals surface area contributed by atoms with Gasteiger partial charge in [-0.05, 0) is 24.3 Å². The van der Waals surface area contributed by atoms with Crippen LogP contribution in [0.5, 0.6) is 5.75 Å². The van der Waals surface area contributed by atoms with Gasteiger partial charge in [-0.1, -0.05) is 17.7 Å². The Kier molecular flexibility index (Phi) is 4.80. The first-order chi connectivity index (χ1) is 10.5. The van der Waals surface area contributed by atoms with E-state index in [-0.39, 0.29) is 11.4 Å². The number of halogens is 1. The number of non-ortho nitro benzene ring substituents is 1. The molecule has 0 unspecified atom stereocenters. The second-order valence-electron chi connectivity index (χ2n) is 4.23. The number of hydrogen-bond acceptors (Lipinski definition) is 4. The quantitative estimate of drug-likeness (QED) is 0.659. The number of hydrogen-bond donors (Lipinski definition) is 2. The van der Waals surface area contributed by atoms with Gasteiger partial charge in [0.1, 0.15) is 5.75 Å². The summed E-state index contributed by atoms with van der Waals surface area (Å²) in [6.07, 6.45) is 0. The molecule has 22 heavy (non-hydrogen) atoms. The van der Waals surface area contributed by atoms with Gasteiger partial charge in [-0.2, -0.15) is 0 Å². The van der Waals surface area contributed by atoms with E-state index in [9.17, 15) is 14.9 Å². The average molecular weight is 322 g/mol. The van der Waals surface area contributed by atoms with Gasteiger partial charge in [-0.3, -0.25) is 10.1 Å². The van der Waals surface area contributed by atoms with E-state index < -0.39 is 11.0 Å². The predicted octanol–water partition coefficient (Wildman–Crippen LogP) is 3.90. The monoisotopic (exact) mass is 321 g/mol. The smallest absolute Gasteiger partial charge is 0.323 e.